The summed E-state index contributed by atoms with van der Waals surface area (Å²) >= 11 is 1.53. The maximum atomic E-state index is 12.5. The molecular formula is C17H24Cl2N4OS. The summed E-state index contributed by atoms with van der Waals surface area (Å²) in [5, 5.41) is 2.80. The van der Waals surface area contributed by atoms with Crippen molar-refractivity contribution in [3.8, 4) is 10.7 Å². The number of nitrogens with zero attached hydrogens (tertiary/aromatic N) is 3. The van der Waals surface area contributed by atoms with Crippen molar-refractivity contribution in [3.63, 3.8) is 0 Å². The summed E-state index contributed by atoms with van der Waals surface area (Å²) in [5.74, 6) is 0.128. The Morgan fingerprint density at radius 3 is 2.80 bits per heavy atom. The number of carbonyl (C=O) groups excluding carboxylic acids is 1. The number of halogens is 2. The van der Waals surface area contributed by atoms with E-state index in [0.29, 0.717) is 13.0 Å². The van der Waals surface area contributed by atoms with Gasteiger partial charge in [-0.1, -0.05) is 19.9 Å². The van der Waals surface area contributed by atoms with Gasteiger partial charge in [0.15, 0.2) is 0 Å². The lowest BCUT2D eigenvalue weighted by atomic mass is 9.79. The van der Waals surface area contributed by atoms with E-state index in [-0.39, 0.29) is 42.2 Å². The first-order valence-corrected chi connectivity index (χ1v) is 8.73. The molecule has 0 bridgehead atoms. The van der Waals surface area contributed by atoms with Gasteiger partial charge >= 0.3 is 0 Å². The highest BCUT2D eigenvalue weighted by Crippen LogP contribution is 2.28. The molecule has 3 rings (SSSR count). The highest BCUT2D eigenvalue weighted by Gasteiger charge is 2.35. The van der Waals surface area contributed by atoms with Crippen molar-refractivity contribution >= 4 is 42.1 Å². The molecule has 0 aromatic carbocycles. The van der Waals surface area contributed by atoms with Gasteiger partial charge in [-0.25, -0.2) is 4.98 Å². The van der Waals surface area contributed by atoms with Crippen molar-refractivity contribution in [2.45, 2.75) is 32.7 Å². The number of piperidine rings is 1. The first-order valence-electron chi connectivity index (χ1n) is 7.85. The molecule has 1 atom stereocenters. The van der Waals surface area contributed by atoms with Crippen LogP contribution in [-0.4, -0.2) is 39.9 Å². The second-order valence-electron chi connectivity index (χ2n) is 6.73. The Labute approximate surface area is 164 Å². The Bertz CT molecular complexity index is 693. The molecule has 0 radical (unpaired) electrons. The van der Waals surface area contributed by atoms with Crippen molar-refractivity contribution in [2.24, 2.45) is 11.1 Å². The highest BCUT2D eigenvalue weighted by molar-refractivity contribution is 7.13. The molecule has 1 unspecified atom stereocenters. The molecule has 138 valence electrons. The Kier molecular flexibility index (Phi) is 7.81. The monoisotopic (exact) mass is 402 g/mol. The van der Waals surface area contributed by atoms with Gasteiger partial charge in [-0.3, -0.25) is 9.78 Å². The van der Waals surface area contributed by atoms with Crippen LogP contribution in [0.25, 0.3) is 10.7 Å². The summed E-state index contributed by atoms with van der Waals surface area (Å²) in [6.45, 7) is 5.70. The third-order valence-electron chi connectivity index (χ3n) is 4.43. The van der Waals surface area contributed by atoms with E-state index in [1.54, 1.807) is 6.20 Å². The van der Waals surface area contributed by atoms with Crippen LogP contribution in [0.2, 0.25) is 0 Å². The van der Waals surface area contributed by atoms with Crippen molar-refractivity contribution in [2.75, 3.05) is 13.1 Å². The molecule has 25 heavy (non-hydrogen) atoms. The van der Waals surface area contributed by atoms with Crippen molar-refractivity contribution in [1.82, 2.24) is 14.9 Å². The molecule has 0 spiro atoms. The number of carbonyl (C=O) groups is 1. The first-order chi connectivity index (χ1) is 11.0. The third kappa shape index (κ3) is 5.14. The second kappa shape index (κ2) is 8.94. The lowest BCUT2D eigenvalue weighted by Gasteiger charge is -2.42. The van der Waals surface area contributed by atoms with Gasteiger partial charge in [0, 0.05) is 30.7 Å². The normalized spacial score (nSPS) is 18.8. The number of rotatable bonds is 3. The Hall–Kier alpha value is -1.21. The number of hydrogen-bond acceptors (Lipinski definition) is 5. The van der Waals surface area contributed by atoms with Crippen LogP contribution >= 0.6 is 36.2 Å². The molecule has 2 N–H and O–H groups in total. The van der Waals surface area contributed by atoms with Crippen LogP contribution < -0.4 is 5.73 Å². The Balaban J connectivity index is 0.00000156. The van der Waals surface area contributed by atoms with Crippen LogP contribution in [0.4, 0.5) is 0 Å². The summed E-state index contributed by atoms with van der Waals surface area (Å²) in [4.78, 5) is 23.3. The largest absolute Gasteiger partial charge is 0.342 e. The number of thiazole rings is 1. The summed E-state index contributed by atoms with van der Waals surface area (Å²) in [6, 6.07) is 5.90. The quantitative estimate of drug-likeness (QED) is 0.855. The van der Waals surface area contributed by atoms with Gasteiger partial charge in [0.05, 0.1) is 17.8 Å². The van der Waals surface area contributed by atoms with E-state index in [2.05, 4.69) is 23.8 Å². The molecule has 8 heteroatoms. The number of amides is 1. The molecule has 5 nitrogen and oxygen atoms in total. The molecule has 1 fully saturated rings. The van der Waals surface area contributed by atoms with Crippen LogP contribution in [0.15, 0.2) is 29.8 Å². The molecule has 1 saturated heterocycles. The zero-order chi connectivity index (χ0) is 16.4. The van der Waals surface area contributed by atoms with Gasteiger partial charge in [-0.15, -0.1) is 36.2 Å². The maximum Gasteiger partial charge on any atom is 0.228 e. The zero-order valence-corrected chi connectivity index (χ0v) is 16.8. The molecule has 2 aromatic rings. The van der Waals surface area contributed by atoms with Crippen LogP contribution in [0.1, 0.15) is 26.0 Å². The van der Waals surface area contributed by atoms with Crippen LogP contribution in [0.5, 0.6) is 0 Å². The first kappa shape index (κ1) is 21.8. The van der Waals surface area contributed by atoms with Gasteiger partial charge in [-0.2, -0.15) is 0 Å². The lowest BCUT2D eigenvalue weighted by molar-refractivity contribution is -0.133. The summed E-state index contributed by atoms with van der Waals surface area (Å²) < 4.78 is 0. The molecule has 1 aliphatic rings. The Morgan fingerprint density at radius 1 is 1.40 bits per heavy atom. The predicted molar refractivity (Wildman–Crippen MR) is 106 cm³/mol. The summed E-state index contributed by atoms with van der Waals surface area (Å²) in [6.07, 6.45) is 2.95. The topological polar surface area (TPSA) is 72.1 Å². The predicted octanol–water partition coefficient (Wildman–Crippen LogP) is 3.18. The van der Waals surface area contributed by atoms with E-state index < -0.39 is 0 Å². The highest BCUT2D eigenvalue weighted by atomic mass is 35.5. The number of nitrogens with two attached hydrogens (primary N) is 1. The van der Waals surface area contributed by atoms with Gasteiger partial charge < -0.3 is 10.6 Å². The summed E-state index contributed by atoms with van der Waals surface area (Å²) in [7, 11) is 0. The van der Waals surface area contributed by atoms with E-state index in [4.69, 9.17) is 5.73 Å². The maximum absolute atomic E-state index is 12.5. The van der Waals surface area contributed by atoms with E-state index >= 15 is 0 Å². The number of likely N-dealkylation sites (tertiary alicyclic amines) is 1. The zero-order valence-electron chi connectivity index (χ0n) is 14.3. The van der Waals surface area contributed by atoms with Gasteiger partial charge in [0.2, 0.25) is 5.91 Å². The SMILES string of the molecule is CC1(C)CN(C(=O)Cc2csc(-c3ccccn3)n2)CCC1N.Cl.Cl. The van der Waals surface area contributed by atoms with Gasteiger partial charge in [-0.05, 0) is 24.0 Å². The molecule has 1 amide bonds. The smallest absolute Gasteiger partial charge is 0.228 e. The molecule has 3 heterocycles. The van der Waals surface area contributed by atoms with Crippen LogP contribution in [0.3, 0.4) is 0 Å². The number of pyridine rings is 1. The standard InChI is InChI=1S/C17H22N4OS.2ClH/c1-17(2)11-21(8-6-14(17)18)15(22)9-12-10-23-16(20-12)13-5-3-4-7-19-13;;/h3-5,7,10,14H,6,8-9,11,18H2,1-2H3;2*1H. The fraction of sp³-hybridized carbons (Fsp3) is 0.471. The molecule has 0 aliphatic carbocycles. The minimum absolute atomic E-state index is 0. The summed E-state index contributed by atoms with van der Waals surface area (Å²) in [5.41, 5.74) is 7.77. The lowest BCUT2D eigenvalue weighted by Crippen LogP contribution is -2.54. The Morgan fingerprint density at radius 2 is 2.16 bits per heavy atom. The van der Waals surface area contributed by atoms with E-state index in [0.717, 1.165) is 29.4 Å². The van der Waals surface area contributed by atoms with Crippen LogP contribution in [0, 0.1) is 5.41 Å². The number of aromatic nitrogens is 2. The molecule has 0 saturated carbocycles. The van der Waals surface area contributed by atoms with E-state index in [1.165, 1.54) is 11.3 Å². The molecule has 1 aliphatic heterocycles. The van der Waals surface area contributed by atoms with Gasteiger partial charge in [0.25, 0.3) is 0 Å². The third-order valence-corrected chi connectivity index (χ3v) is 5.35. The minimum Gasteiger partial charge on any atom is -0.342 e. The minimum atomic E-state index is -0.0326. The van der Waals surface area contributed by atoms with Crippen LogP contribution in [-0.2, 0) is 11.2 Å². The van der Waals surface area contributed by atoms with Crippen molar-refractivity contribution in [1.29, 1.82) is 0 Å². The van der Waals surface area contributed by atoms with E-state index in [1.807, 2.05) is 28.5 Å². The average Bonchev–Trinajstić information content (AvgIpc) is 2.99. The fourth-order valence-corrected chi connectivity index (χ4v) is 3.64. The average molecular weight is 403 g/mol. The van der Waals surface area contributed by atoms with Crippen molar-refractivity contribution in [3.05, 3.63) is 35.5 Å². The van der Waals surface area contributed by atoms with Crippen molar-refractivity contribution < 1.29 is 4.79 Å². The number of hydrogen-bond donors (Lipinski definition) is 1. The molecular weight excluding hydrogens is 379 g/mol. The fourth-order valence-electron chi connectivity index (χ4n) is 2.85. The van der Waals surface area contributed by atoms with Gasteiger partial charge in [0.1, 0.15) is 5.01 Å². The second-order valence-corrected chi connectivity index (χ2v) is 7.59. The molecule has 2 aromatic heterocycles. The van der Waals surface area contributed by atoms with E-state index in [9.17, 15) is 4.79 Å².